The van der Waals surface area contributed by atoms with Gasteiger partial charge in [-0.3, -0.25) is 4.68 Å². The van der Waals surface area contributed by atoms with Crippen molar-refractivity contribution in [3.63, 3.8) is 0 Å². The van der Waals surface area contributed by atoms with Crippen molar-refractivity contribution in [1.29, 1.82) is 0 Å². The summed E-state index contributed by atoms with van der Waals surface area (Å²) in [4.78, 5) is 0. The van der Waals surface area contributed by atoms with Crippen molar-refractivity contribution in [3.8, 4) is 0 Å². The summed E-state index contributed by atoms with van der Waals surface area (Å²) in [5.41, 5.74) is 2.66. The first kappa shape index (κ1) is 16.1. The molecule has 3 N–H and O–H groups in total. The summed E-state index contributed by atoms with van der Waals surface area (Å²) in [5, 5.41) is 26.9. The van der Waals surface area contributed by atoms with E-state index in [1.807, 2.05) is 25.5 Å². The lowest BCUT2D eigenvalue weighted by Gasteiger charge is -2.33. The lowest BCUT2D eigenvalue weighted by atomic mass is 9.95. The lowest BCUT2D eigenvalue weighted by molar-refractivity contribution is 0.0791. The maximum Gasteiger partial charge on any atom is 0.0650 e. The average molecular weight is 269 g/mol. The molecule has 0 saturated carbocycles. The highest BCUT2D eigenvalue weighted by Gasteiger charge is 2.30. The Bertz CT molecular complexity index is 403. The molecule has 0 aliphatic carbocycles. The van der Waals surface area contributed by atoms with Crippen LogP contribution in [0.2, 0.25) is 0 Å². The molecule has 1 aromatic rings. The first-order valence-electron chi connectivity index (χ1n) is 6.98. The zero-order valence-electron chi connectivity index (χ0n) is 12.7. The van der Waals surface area contributed by atoms with Crippen molar-refractivity contribution < 1.29 is 10.2 Å². The first-order valence-corrected chi connectivity index (χ1v) is 6.98. The maximum absolute atomic E-state index is 9.52. The number of aryl methyl sites for hydroxylation is 2. The first-order chi connectivity index (χ1) is 8.94. The molecule has 19 heavy (non-hydrogen) atoms. The minimum Gasteiger partial charge on any atom is -0.394 e. The summed E-state index contributed by atoms with van der Waals surface area (Å²) in [5.74, 6) is 0. The Balaban J connectivity index is 3.01. The second-order valence-electron chi connectivity index (χ2n) is 5.22. The van der Waals surface area contributed by atoms with Crippen molar-refractivity contribution in [2.45, 2.75) is 59.2 Å². The smallest absolute Gasteiger partial charge is 0.0650 e. The van der Waals surface area contributed by atoms with E-state index in [1.165, 1.54) is 0 Å². The fourth-order valence-electron chi connectivity index (χ4n) is 2.64. The molecule has 0 amide bonds. The average Bonchev–Trinajstić information content (AvgIpc) is 2.70. The SMILES string of the molecule is CCn1nc(C)c(C(C)NC(CC)(CO)CO)c1C. The van der Waals surface area contributed by atoms with Gasteiger partial charge in [-0.1, -0.05) is 6.92 Å². The van der Waals surface area contributed by atoms with Crippen LogP contribution >= 0.6 is 0 Å². The molecule has 1 heterocycles. The number of hydrogen-bond acceptors (Lipinski definition) is 4. The summed E-state index contributed by atoms with van der Waals surface area (Å²) < 4.78 is 1.98. The molecule has 0 saturated heterocycles. The van der Waals surface area contributed by atoms with Crippen LogP contribution in [0, 0.1) is 13.8 Å². The highest BCUT2D eigenvalue weighted by molar-refractivity contribution is 5.28. The highest BCUT2D eigenvalue weighted by atomic mass is 16.3. The molecule has 1 atom stereocenters. The van der Waals surface area contributed by atoms with Crippen LogP contribution < -0.4 is 5.32 Å². The molecular weight excluding hydrogens is 242 g/mol. The van der Waals surface area contributed by atoms with Crippen LogP contribution in [0.4, 0.5) is 0 Å². The van der Waals surface area contributed by atoms with E-state index in [2.05, 4.69) is 24.3 Å². The van der Waals surface area contributed by atoms with Gasteiger partial charge in [0.25, 0.3) is 0 Å². The molecule has 0 aromatic carbocycles. The van der Waals surface area contributed by atoms with Gasteiger partial charge in [0.2, 0.25) is 0 Å². The van der Waals surface area contributed by atoms with E-state index < -0.39 is 5.54 Å². The second kappa shape index (κ2) is 6.50. The summed E-state index contributed by atoms with van der Waals surface area (Å²) in [7, 11) is 0. The molecule has 1 rings (SSSR count). The molecule has 1 aromatic heterocycles. The fraction of sp³-hybridized carbons (Fsp3) is 0.786. The number of aliphatic hydroxyl groups excluding tert-OH is 2. The molecule has 5 heteroatoms. The van der Waals surface area contributed by atoms with Crippen LogP contribution in [0.25, 0.3) is 0 Å². The van der Waals surface area contributed by atoms with Crippen molar-refractivity contribution in [3.05, 3.63) is 17.0 Å². The number of aliphatic hydroxyl groups is 2. The molecule has 110 valence electrons. The van der Waals surface area contributed by atoms with Gasteiger partial charge < -0.3 is 15.5 Å². The van der Waals surface area contributed by atoms with Gasteiger partial charge in [0, 0.05) is 23.8 Å². The van der Waals surface area contributed by atoms with Gasteiger partial charge in [-0.2, -0.15) is 5.10 Å². The molecular formula is C14H27N3O2. The summed E-state index contributed by atoms with van der Waals surface area (Å²) in [6, 6.07) is 0.0412. The van der Waals surface area contributed by atoms with Crippen LogP contribution in [0.5, 0.6) is 0 Å². The molecule has 1 unspecified atom stereocenters. The molecule has 0 radical (unpaired) electrons. The van der Waals surface area contributed by atoms with Crippen molar-refractivity contribution in [2.75, 3.05) is 13.2 Å². The Morgan fingerprint density at radius 3 is 2.21 bits per heavy atom. The molecule has 0 aliphatic rings. The summed E-state index contributed by atoms with van der Waals surface area (Å²) in [6.45, 7) is 10.8. The predicted octanol–water partition coefficient (Wildman–Crippen LogP) is 1.30. The summed E-state index contributed by atoms with van der Waals surface area (Å²) >= 11 is 0. The van der Waals surface area contributed by atoms with Crippen LogP contribution in [0.15, 0.2) is 0 Å². The van der Waals surface area contributed by atoms with E-state index in [-0.39, 0.29) is 19.3 Å². The lowest BCUT2D eigenvalue weighted by Crippen LogP contribution is -2.52. The number of rotatable bonds is 7. The van der Waals surface area contributed by atoms with Crippen molar-refractivity contribution >= 4 is 0 Å². The molecule has 0 bridgehead atoms. The van der Waals surface area contributed by atoms with E-state index in [0.29, 0.717) is 6.42 Å². The molecule has 0 spiro atoms. The Morgan fingerprint density at radius 1 is 1.26 bits per heavy atom. The van der Waals surface area contributed by atoms with E-state index in [0.717, 1.165) is 23.5 Å². The van der Waals surface area contributed by atoms with Gasteiger partial charge in [-0.25, -0.2) is 0 Å². The van der Waals surface area contributed by atoms with Crippen LogP contribution in [-0.4, -0.2) is 38.7 Å². The Morgan fingerprint density at radius 2 is 1.84 bits per heavy atom. The minimum absolute atomic E-state index is 0.0412. The Hall–Kier alpha value is -0.910. The topological polar surface area (TPSA) is 70.3 Å². The quantitative estimate of drug-likeness (QED) is 0.698. The van der Waals surface area contributed by atoms with E-state index in [4.69, 9.17) is 0 Å². The Labute approximate surface area is 115 Å². The number of aromatic nitrogens is 2. The van der Waals surface area contributed by atoms with Gasteiger partial charge in [0.05, 0.1) is 24.4 Å². The standard InChI is InChI=1S/C14H27N3O2/c1-6-14(8-18,9-19)15-10(3)13-11(4)16-17(7-2)12(13)5/h10,15,18-19H,6-9H2,1-5H3. The Kier molecular flexibility index (Phi) is 5.52. The van der Waals surface area contributed by atoms with Crippen molar-refractivity contribution in [2.24, 2.45) is 0 Å². The van der Waals surface area contributed by atoms with Crippen LogP contribution in [0.3, 0.4) is 0 Å². The zero-order valence-corrected chi connectivity index (χ0v) is 12.7. The van der Waals surface area contributed by atoms with Gasteiger partial charge in [-0.05, 0) is 34.1 Å². The second-order valence-corrected chi connectivity index (χ2v) is 5.22. The fourth-order valence-corrected chi connectivity index (χ4v) is 2.64. The van der Waals surface area contributed by atoms with Gasteiger partial charge in [0.1, 0.15) is 0 Å². The summed E-state index contributed by atoms with van der Waals surface area (Å²) in [6.07, 6.45) is 0.671. The van der Waals surface area contributed by atoms with Crippen LogP contribution in [0.1, 0.15) is 50.2 Å². The van der Waals surface area contributed by atoms with Gasteiger partial charge in [-0.15, -0.1) is 0 Å². The monoisotopic (exact) mass is 269 g/mol. The largest absolute Gasteiger partial charge is 0.394 e. The van der Waals surface area contributed by atoms with E-state index >= 15 is 0 Å². The number of hydrogen-bond donors (Lipinski definition) is 3. The number of nitrogens with one attached hydrogen (secondary N) is 1. The number of nitrogens with zero attached hydrogens (tertiary/aromatic N) is 2. The van der Waals surface area contributed by atoms with Crippen LogP contribution in [-0.2, 0) is 6.54 Å². The third-order valence-corrected chi connectivity index (χ3v) is 3.97. The normalized spacial score (nSPS) is 13.8. The predicted molar refractivity (Wildman–Crippen MR) is 76.1 cm³/mol. The maximum atomic E-state index is 9.52. The van der Waals surface area contributed by atoms with Crippen molar-refractivity contribution in [1.82, 2.24) is 15.1 Å². The minimum atomic E-state index is -0.632. The third-order valence-electron chi connectivity index (χ3n) is 3.97. The molecule has 5 nitrogen and oxygen atoms in total. The van der Waals surface area contributed by atoms with Gasteiger partial charge >= 0.3 is 0 Å². The highest BCUT2D eigenvalue weighted by Crippen LogP contribution is 2.24. The van der Waals surface area contributed by atoms with E-state index in [9.17, 15) is 10.2 Å². The zero-order chi connectivity index (χ0) is 14.6. The van der Waals surface area contributed by atoms with E-state index in [1.54, 1.807) is 0 Å². The third kappa shape index (κ3) is 3.16. The molecule has 0 fully saturated rings. The van der Waals surface area contributed by atoms with Gasteiger partial charge in [0.15, 0.2) is 0 Å². The molecule has 0 aliphatic heterocycles.